The number of rotatable bonds is 4. The third-order valence-corrected chi connectivity index (χ3v) is 2.68. The van der Waals surface area contributed by atoms with Crippen LogP contribution >= 0.6 is 0 Å². The molecule has 0 aliphatic carbocycles. The standard InChI is InChI=1S/C12H15N3O4/c1-3-6-18-11(17)9-7-15(5-4-10(9)16)12-14-13-8(2)19-12/h3,16H,1,4-7H2,2H3. The zero-order valence-electron chi connectivity index (χ0n) is 10.6. The maximum Gasteiger partial charge on any atom is 0.339 e. The third-order valence-electron chi connectivity index (χ3n) is 2.68. The van der Waals surface area contributed by atoms with Gasteiger partial charge in [-0.1, -0.05) is 17.8 Å². The molecule has 0 unspecified atom stereocenters. The van der Waals surface area contributed by atoms with E-state index in [2.05, 4.69) is 16.8 Å². The molecular weight excluding hydrogens is 250 g/mol. The lowest BCUT2D eigenvalue weighted by molar-refractivity contribution is -0.138. The number of nitrogens with zero attached hydrogens (tertiary/aromatic N) is 3. The average molecular weight is 265 g/mol. The quantitative estimate of drug-likeness (QED) is 0.644. The predicted octanol–water partition coefficient (Wildman–Crippen LogP) is 1.13. The highest BCUT2D eigenvalue weighted by Gasteiger charge is 2.27. The molecule has 7 nitrogen and oxygen atoms in total. The fraction of sp³-hybridized carbons (Fsp3) is 0.417. The Labute approximate surface area is 110 Å². The summed E-state index contributed by atoms with van der Waals surface area (Å²) in [6, 6.07) is 0.332. The molecule has 19 heavy (non-hydrogen) atoms. The van der Waals surface area contributed by atoms with Crippen LogP contribution in [-0.2, 0) is 9.53 Å². The Balaban J connectivity index is 2.11. The molecule has 0 amide bonds. The Morgan fingerprint density at radius 1 is 1.63 bits per heavy atom. The third kappa shape index (κ3) is 2.93. The number of carbonyl (C=O) groups excluding carboxylic acids is 1. The summed E-state index contributed by atoms with van der Waals surface area (Å²) in [4.78, 5) is 13.5. The van der Waals surface area contributed by atoms with Gasteiger partial charge in [0.25, 0.3) is 0 Å². The maximum absolute atomic E-state index is 11.8. The van der Waals surface area contributed by atoms with E-state index >= 15 is 0 Å². The topological polar surface area (TPSA) is 88.7 Å². The molecule has 2 heterocycles. The Morgan fingerprint density at radius 3 is 3.05 bits per heavy atom. The van der Waals surface area contributed by atoms with Gasteiger partial charge in [0.2, 0.25) is 5.89 Å². The molecular formula is C12H15N3O4. The first-order valence-electron chi connectivity index (χ1n) is 5.86. The van der Waals surface area contributed by atoms with Crippen LogP contribution in [0.25, 0.3) is 0 Å². The summed E-state index contributed by atoms with van der Waals surface area (Å²) in [5.41, 5.74) is 0.212. The summed E-state index contributed by atoms with van der Waals surface area (Å²) >= 11 is 0. The van der Waals surface area contributed by atoms with Gasteiger partial charge in [0.15, 0.2) is 0 Å². The van der Waals surface area contributed by atoms with Crippen LogP contribution in [0.1, 0.15) is 12.3 Å². The minimum absolute atomic E-state index is 0.0431. The van der Waals surface area contributed by atoms with Crippen molar-refractivity contribution in [1.82, 2.24) is 10.2 Å². The summed E-state index contributed by atoms with van der Waals surface area (Å²) in [6.45, 7) is 5.95. The Kier molecular flexibility index (Phi) is 3.84. The monoisotopic (exact) mass is 265 g/mol. The number of aryl methyl sites for hydroxylation is 1. The van der Waals surface area contributed by atoms with Crippen LogP contribution in [0.4, 0.5) is 6.01 Å². The molecule has 1 aromatic rings. The molecule has 1 aromatic heterocycles. The molecule has 0 aromatic carbocycles. The van der Waals surface area contributed by atoms with Gasteiger partial charge < -0.3 is 19.2 Å². The van der Waals surface area contributed by atoms with E-state index in [1.54, 1.807) is 11.8 Å². The molecule has 1 aliphatic heterocycles. The van der Waals surface area contributed by atoms with Crippen molar-refractivity contribution in [2.45, 2.75) is 13.3 Å². The normalized spacial score (nSPS) is 15.5. The largest absolute Gasteiger partial charge is 0.512 e. The van der Waals surface area contributed by atoms with E-state index in [0.717, 1.165) is 0 Å². The zero-order chi connectivity index (χ0) is 13.8. The van der Waals surface area contributed by atoms with E-state index in [-0.39, 0.29) is 24.5 Å². The minimum atomic E-state index is -0.557. The predicted molar refractivity (Wildman–Crippen MR) is 66.7 cm³/mol. The fourth-order valence-corrected chi connectivity index (χ4v) is 1.73. The van der Waals surface area contributed by atoms with Crippen molar-refractivity contribution < 1.29 is 19.1 Å². The lowest BCUT2D eigenvalue weighted by atomic mass is 10.1. The van der Waals surface area contributed by atoms with Crippen molar-refractivity contribution in [3.8, 4) is 0 Å². The van der Waals surface area contributed by atoms with Gasteiger partial charge in [0.1, 0.15) is 12.4 Å². The summed E-state index contributed by atoms with van der Waals surface area (Å²) < 4.78 is 10.2. The van der Waals surface area contributed by atoms with Gasteiger partial charge in [-0.05, 0) is 0 Å². The molecule has 0 fully saturated rings. The van der Waals surface area contributed by atoms with Gasteiger partial charge in [0.05, 0.1) is 12.1 Å². The molecule has 0 atom stereocenters. The molecule has 0 saturated carbocycles. The first-order chi connectivity index (χ1) is 9.11. The Hall–Kier alpha value is -2.31. The lowest BCUT2D eigenvalue weighted by Gasteiger charge is -2.26. The number of anilines is 1. The number of esters is 1. The number of ether oxygens (including phenoxy) is 1. The number of carbonyl (C=O) groups is 1. The molecule has 0 radical (unpaired) electrons. The maximum atomic E-state index is 11.8. The summed E-state index contributed by atoms with van der Waals surface area (Å²) in [6.07, 6.45) is 1.80. The van der Waals surface area contributed by atoms with Gasteiger partial charge in [-0.15, -0.1) is 5.10 Å². The molecule has 0 spiro atoms. The van der Waals surface area contributed by atoms with Crippen LogP contribution in [0.5, 0.6) is 0 Å². The van der Waals surface area contributed by atoms with Crippen molar-refractivity contribution in [2.24, 2.45) is 0 Å². The van der Waals surface area contributed by atoms with Crippen LogP contribution in [0.2, 0.25) is 0 Å². The van der Waals surface area contributed by atoms with Gasteiger partial charge in [-0.2, -0.15) is 0 Å². The average Bonchev–Trinajstić information content (AvgIpc) is 2.83. The Bertz CT molecular complexity index is 521. The number of aromatic nitrogens is 2. The molecule has 2 rings (SSSR count). The summed E-state index contributed by atoms with van der Waals surface area (Å²) in [5.74, 6) is -0.0653. The second-order valence-electron chi connectivity index (χ2n) is 4.09. The van der Waals surface area contributed by atoms with Crippen molar-refractivity contribution >= 4 is 12.0 Å². The summed E-state index contributed by atoms with van der Waals surface area (Å²) in [5, 5.41) is 17.4. The van der Waals surface area contributed by atoms with Crippen LogP contribution in [0.15, 0.2) is 28.4 Å². The van der Waals surface area contributed by atoms with E-state index in [1.807, 2.05) is 0 Å². The van der Waals surface area contributed by atoms with Crippen molar-refractivity contribution in [3.63, 3.8) is 0 Å². The molecule has 1 N–H and O–H groups in total. The van der Waals surface area contributed by atoms with Gasteiger partial charge in [-0.3, -0.25) is 0 Å². The van der Waals surface area contributed by atoms with E-state index < -0.39 is 5.97 Å². The van der Waals surface area contributed by atoms with Crippen LogP contribution < -0.4 is 4.90 Å². The van der Waals surface area contributed by atoms with E-state index in [1.165, 1.54) is 6.08 Å². The molecule has 102 valence electrons. The van der Waals surface area contributed by atoms with Crippen molar-refractivity contribution in [1.29, 1.82) is 0 Å². The van der Waals surface area contributed by atoms with E-state index in [4.69, 9.17) is 9.15 Å². The molecule has 0 bridgehead atoms. The van der Waals surface area contributed by atoms with Gasteiger partial charge in [-0.25, -0.2) is 4.79 Å². The van der Waals surface area contributed by atoms with E-state index in [0.29, 0.717) is 24.9 Å². The molecule has 1 aliphatic rings. The second kappa shape index (κ2) is 5.55. The fourth-order valence-electron chi connectivity index (χ4n) is 1.73. The van der Waals surface area contributed by atoms with Crippen LogP contribution in [0, 0.1) is 6.92 Å². The van der Waals surface area contributed by atoms with Crippen LogP contribution in [0.3, 0.4) is 0 Å². The zero-order valence-corrected chi connectivity index (χ0v) is 10.6. The summed E-state index contributed by atoms with van der Waals surface area (Å²) in [7, 11) is 0. The van der Waals surface area contributed by atoms with Gasteiger partial charge >= 0.3 is 12.0 Å². The number of hydrogen-bond acceptors (Lipinski definition) is 7. The lowest BCUT2D eigenvalue weighted by Crippen LogP contribution is -2.35. The van der Waals surface area contributed by atoms with E-state index in [9.17, 15) is 9.90 Å². The molecule has 0 saturated heterocycles. The first kappa shape index (κ1) is 13.1. The Morgan fingerprint density at radius 2 is 2.42 bits per heavy atom. The highest BCUT2D eigenvalue weighted by Crippen LogP contribution is 2.22. The van der Waals surface area contributed by atoms with Crippen LogP contribution in [-0.4, -0.2) is 41.0 Å². The van der Waals surface area contributed by atoms with Crippen molar-refractivity contribution in [3.05, 3.63) is 29.9 Å². The number of aliphatic hydroxyl groups excluding tert-OH is 1. The highest BCUT2D eigenvalue weighted by atomic mass is 16.5. The molecule has 7 heteroatoms. The van der Waals surface area contributed by atoms with Gasteiger partial charge in [0, 0.05) is 19.9 Å². The SMILES string of the molecule is C=CCOC(=O)C1=C(O)CCN(c2nnc(C)o2)C1. The van der Waals surface area contributed by atoms with Crippen molar-refractivity contribution in [2.75, 3.05) is 24.6 Å². The smallest absolute Gasteiger partial charge is 0.339 e. The first-order valence-corrected chi connectivity index (χ1v) is 5.86. The minimum Gasteiger partial charge on any atom is -0.512 e. The number of aliphatic hydroxyl groups is 1. The second-order valence-corrected chi connectivity index (χ2v) is 4.09. The number of hydrogen-bond donors (Lipinski definition) is 1. The highest BCUT2D eigenvalue weighted by molar-refractivity contribution is 5.90.